The van der Waals surface area contributed by atoms with Crippen LogP contribution < -0.4 is 14.4 Å². The summed E-state index contributed by atoms with van der Waals surface area (Å²) in [5.74, 6) is -0.229. The van der Waals surface area contributed by atoms with Gasteiger partial charge in [-0.25, -0.2) is 17.9 Å². The lowest BCUT2D eigenvalue weighted by Crippen LogP contribution is -2.30. The van der Waals surface area contributed by atoms with Crippen LogP contribution in [0.5, 0.6) is 5.75 Å². The zero-order valence-electron chi connectivity index (χ0n) is 23.1. The summed E-state index contributed by atoms with van der Waals surface area (Å²) in [4.78, 5) is 36.7. The molecule has 0 saturated heterocycles. The van der Waals surface area contributed by atoms with Gasteiger partial charge < -0.3 is 13.9 Å². The van der Waals surface area contributed by atoms with Gasteiger partial charge in [0.1, 0.15) is 6.42 Å². The Balaban J connectivity index is 1.40. The molecule has 20 heteroatoms. The van der Waals surface area contributed by atoms with E-state index < -0.39 is 33.6 Å². The van der Waals surface area contributed by atoms with Gasteiger partial charge in [-0.1, -0.05) is 31.7 Å². The van der Waals surface area contributed by atoms with Gasteiger partial charge in [0.15, 0.2) is 17.3 Å². The number of carbonyl (C=O) groups excluding carboxylic acids is 2. The van der Waals surface area contributed by atoms with E-state index >= 15 is 0 Å². The Bertz CT molecular complexity index is 1690. The summed E-state index contributed by atoms with van der Waals surface area (Å²) in [6.07, 6.45) is -0.411. The second-order valence-corrected chi connectivity index (χ2v) is 10.8. The number of hydrogen-bond acceptors (Lipinski definition) is 14. The molecule has 0 bridgehead atoms. The molecule has 230 valence electrons. The largest absolute Gasteiger partial charge is 0.465 e. The lowest BCUT2D eigenvalue weighted by molar-refractivity contribution is -0.385. The Kier molecular flexibility index (Phi) is 10.3. The molecule has 0 aliphatic rings. The maximum absolute atomic E-state index is 12.9. The Morgan fingerprint density at radius 3 is 2.81 bits per heavy atom. The second kappa shape index (κ2) is 14.1. The molecular weight excluding hydrogens is 610 g/mol. The lowest BCUT2D eigenvalue weighted by Gasteiger charge is -2.14. The summed E-state index contributed by atoms with van der Waals surface area (Å²) in [5.41, 5.74) is 0.507. The van der Waals surface area contributed by atoms with E-state index in [0.717, 1.165) is 16.7 Å². The monoisotopic (exact) mass is 637 g/mol. The Hall–Kier alpha value is -4.56. The van der Waals surface area contributed by atoms with Crippen molar-refractivity contribution in [3.8, 4) is 5.75 Å². The van der Waals surface area contributed by atoms with Crippen molar-refractivity contribution in [1.82, 2.24) is 34.7 Å². The van der Waals surface area contributed by atoms with Crippen LogP contribution in [0, 0.1) is 10.1 Å². The minimum atomic E-state index is -2.78. The number of aromatic amines is 1. The molecule has 0 spiro atoms. The van der Waals surface area contributed by atoms with Crippen molar-refractivity contribution >= 4 is 51.9 Å². The number of hydrogen-bond donors (Lipinski definition) is 3. The molecule has 0 saturated carbocycles. The lowest BCUT2D eigenvalue weighted by atomic mass is 10.2. The van der Waals surface area contributed by atoms with Crippen molar-refractivity contribution in [2.75, 3.05) is 25.1 Å². The average Bonchev–Trinajstić information content (AvgIpc) is 3.70. The summed E-state index contributed by atoms with van der Waals surface area (Å²) >= 11 is 1.11. The molecule has 1 unspecified atom stereocenters. The van der Waals surface area contributed by atoms with Gasteiger partial charge in [-0.15, -0.1) is 15.3 Å². The van der Waals surface area contributed by atoms with E-state index in [1.807, 2.05) is 6.92 Å². The molecular formula is C23H27N9O9S2. The average molecular weight is 638 g/mol. The van der Waals surface area contributed by atoms with Gasteiger partial charge in [0.05, 0.1) is 11.5 Å². The fourth-order valence-electron chi connectivity index (χ4n) is 3.61. The van der Waals surface area contributed by atoms with Gasteiger partial charge in [-0.2, -0.15) is 9.61 Å². The number of benzene rings is 1. The SMILES string of the molecule is CCCOC(=O)Cc1nnc(SCc2ccc(OC(=O)N(C)c3cc4[nH]nc(C(C)CN[SH](=O)=O)n4n3)c([N+](=O)[O-])c2)o1. The molecule has 4 rings (SSSR count). The number of H-pyrrole nitrogens is 1. The van der Waals surface area contributed by atoms with Crippen molar-refractivity contribution in [3.05, 3.63) is 51.7 Å². The number of rotatable bonds is 14. The molecule has 3 aromatic heterocycles. The fourth-order valence-corrected chi connectivity index (χ4v) is 4.76. The number of ether oxygens (including phenoxy) is 2. The molecule has 3 heterocycles. The first kappa shape index (κ1) is 31.4. The highest BCUT2D eigenvalue weighted by Crippen LogP contribution is 2.31. The molecule has 2 N–H and O–H groups in total. The number of aromatic nitrogens is 6. The van der Waals surface area contributed by atoms with Gasteiger partial charge in [-0.05, 0) is 18.1 Å². The fraction of sp³-hybridized carbons (Fsp3) is 0.391. The topological polar surface area (TPSA) is 230 Å². The van der Waals surface area contributed by atoms with Crippen LogP contribution in [0.3, 0.4) is 0 Å². The highest BCUT2D eigenvalue weighted by molar-refractivity contribution is 7.98. The molecule has 4 aromatic rings. The number of esters is 1. The van der Waals surface area contributed by atoms with Crippen molar-refractivity contribution in [1.29, 1.82) is 0 Å². The Labute approximate surface area is 249 Å². The van der Waals surface area contributed by atoms with Crippen molar-refractivity contribution in [2.24, 2.45) is 0 Å². The van der Waals surface area contributed by atoms with Crippen LogP contribution in [0.1, 0.15) is 43.5 Å². The van der Waals surface area contributed by atoms with Gasteiger partial charge in [0.2, 0.25) is 22.5 Å². The number of nitrogens with zero attached hydrogens (tertiary/aromatic N) is 7. The van der Waals surface area contributed by atoms with E-state index in [9.17, 15) is 28.1 Å². The van der Waals surface area contributed by atoms with Crippen LogP contribution in [0.25, 0.3) is 5.65 Å². The van der Waals surface area contributed by atoms with E-state index in [0.29, 0.717) is 30.1 Å². The predicted octanol–water partition coefficient (Wildman–Crippen LogP) is 1.99. The number of carbonyl (C=O) groups is 2. The standard InChI is InChI=1S/C23H27N9O9S2/c1-4-7-39-20(33)10-19-26-28-22(41-19)42-12-14-5-6-16(15(8-14)32(35)36)40-23(34)30(3)18-9-17-25-27-21(31(17)29-18)13(2)11-24-43(37)38/h5-6,8-9,13,25,43H,4,7,10-12H2,1-3H3,(H,24,37,38). The minimum absolute atomic E-state index is 0.0899. The molecule has 1 aromatic carbocycles. The molecule has 1 atom stereocenters. The number of fused-ring (bicyclic) bond motifs is 1. The van der Waals surface area contributed by atoms with E-state index in [2.05, 4.69) is 30.2 Å². The first-order valence-electron chi connectivity index (χ1n) is 12.7. The quantitative estimate of drug-likeness (QED) is 0.0590. The minimum Gasteiger partial charge on any atom is -0.465 e. The third-order valence-corrected chi connectivity index (χ3v) is 7.10. The maximum Gasteiger partial charge on any atom is 0.420 e. The number of amides is 1. The smallest absolute Gasteiger partial charge is 0.420 e. The second-order valence-electron chi connectivity index (χ2n) is 9.04. The van der Waals surface area contributed by atoms with Gasteiger partial charge in [0.25, 0.3) is 5.22 Å². The van der Waals surface area contributed by atoms with Crippen molar-refractivity contribution in [3.63, 3.8) is 0 Å². The van der Waals surface area contributed by atoms with Crippen molar-refractivity contribution < 1.29 is 36.8 Å². The zero-order valence-corrected chi connectivity index (χ0v) is 24.8. The maximum atomic E-state index is 12.9. The third-order valence-electron chi connectivity index (χ3n) is 5.77. The highest BCUT2D eigenvalue weighted by Gasteiger charge is 2.24. The van der Waals surface area contributed by atoms with Crippen molar-refractivity contribution in [2.45, 2.75) is 43.6 Å². The number of nitro benzene ring substituents is 1. The number of thioether (sulfide) groups is 1. The molecule has 0 fully saturated rings. The number of anilines is 1. The summed E-state index contributed by atoms with van der Waals surface area (Å²) < 4.78 is 41.1. The van der Waals surface area contributed by atoms with E-state index in [4.69, 9.17) is 13.9 Å². The summed E-state index contributed by atoms with van der Waals surface area (Å²) in [5, 5.41) is 30.8. The molecule has 0 aliphatic heterocycles. The van der Waals surface area contributed by atoms with Crippen LogP contribution in [0.15, 0.2) is 33.9 Å². The highest BCUT2D eigenvalue weighted by atomic mass is 32.2. The molecule has 0 aliphatic carbocycles. The normalized spacial score (nSPS) is 12.0. The van der Waals surface area contributed by atoms with Crippen LogP contribution in [-0.4, -0.2) is 75.6 Å². The molecule has 18 nitrogen and oxygen atoms in total. The first-order chi connectivity index (χ1) is 20.5. The van der Waals surface area contributed by atoms with E-state index in [1.54, 1.807) is 13.0 Å². The molecule has 43 heavy (non-hydrogen) atoms. The number of thiol groups is 1. The van der Waals surface area contributed by atoms with Crippen LogP contribution in [0.4, 0.5) is 16.3 Å². The van der Waals surface area contributed by atoms with E-state index in [1.165, 1.54) is 29.8 Å². The summed E-state index contributed by atoms with van der Waals surface area (Å²) in [6, 6.07) is 5.62. The van der Waals surface area contributed by atoms with Crippen LogP contribution >= 0.6 is 11.8 Å². The van der Waals surface area contributed by atoms with Gasteiger partial charge in [0, 0.05) is 37.4 Å². The van der Waals surface area contributed by atoms with E-state index in [-0.39, 0.29) is 47.3 Å². The van der Waals surface area contributed by atoms with Crippen LogP contribution in [-0.2, 0) is 32.6 Å². The number of nitrogens with one attached hydrogen (secondary N) is 2. The van der Waals surface area contributed by atoms with Gasteiger partial charge in [-0.3, -0.25) is 24.9 Å². The number of nitro groups is 1. The zero-order chi connectivity index (χ0) is 31.1. The Morgan fingerprint density at radius 2 is 2.09 bits per heavy atom. The first-order valence-corrected chi connectivity index (χ1v) is 14.9. The summed E-state index contributed by atoms with van der Waals surface area (Å²) in [7, 11) is -1.40. The Morgan fingerprint density at radius 1 is 1.30 bits per heavy atom. The van der Waals surface area contributed by atoms with Gasteiger partial charge >= 0.3 is 17.7 Å². The summed E-state index contributed by atoms with van der Waals surface area (Å²) in [6.45, 7) is 4.00. The van der Waals surface area contributed by atoms with Crippen LogP contribution in [0.2, 0.25) is 0 Å². The molecule has 1 amide bonds. The third kappa shape index (κ3) is 8.05. The predicted molar refractivity (Wildman–Crippen MR) is 150 cm³/mol. The molecule has 0 radical (unpaired) electrons.